The van der Waals surface area contributed by atoms with Gasteiger partial charge in [0, 0.05) is 22.5 Å². The van der Waals surface area contributed by atoms with Crippen molar-refractivity contribution in [2.75, 3.05) is 19.7 Å². The molecular formula is C16H21NO2. The van der Waals surface area contributed by atoms with Crippen LogP contribution < -0.4 is 10.1 Å². The second kappa shape index (κ2) is 4.64. The summed E-state index contributed by atoms with van der Waals surface area (Å²) in [6.07, 6.45) is 1.91. The summed E-state index contributed by atoms with van der Waals surface area (Å²) < 4.78 is 5.67. The fourth-order valence-electron chi connectivity index (χ4n) is 2.99. The highest BCUT2D eigenvalue weighted by atomic mass is 16.5. The molecule has 102 valence electrons. The average molecular weight is 259 g/mol. The van der Waals surface area contributed by atoms with E-state index in [1.807, 2.05) is 18.2 Å². The molecule has 1 fully saturated rings. The number of rotatable bonds is 2. The first-order valence-corrected chi connectivity index (χ1v) is 7.10. The molecule has 1 aromatic carbocycles. The fraction of sp³-hybridized carbons (Fsp3) is 0.562. The van der Waals surface area contributed by atoms with E-state index in [-0.39, 0.29) is 11.3 Å². The summed E-state index contributed by atoms with van der Waals surface area (Å²) in [5.41, 5.74) is 2.04. The van der Waals surface area contributed by atoms with E-state index in [0.29, 0.717) is 12.4 Å². The van der Waals surface area contributed by atoms with Gasteiger partial charge in [-0.15, -0.1) is 0 Å². The second-order valence-electron chi connectivity index (χ2n) is 6.27. The molecule has 0 amide bonds. The molecule has 2 aliphatic rings. The standard InChI is InChI=1S/C16H21NO2/c1-16(2)10-19-14-4-3-12(9-13(14)16)15(18)11-5-7-17-8-6-11/h3-4,9,11,17H,5-8,10H2,1-2H3. The van der Waals surface area contributed by atoms with Gasteiger partial charge in [0.15, 0.2) is 5.78 Å². The largest absolute Gasteiger partial charge is 0.492 e. The van der Waals surface area contributed by atoms with Crippen molar-refractivity contribution in [2.24, 2.45) is 5.92 Å². The number of piperidine rings is 1. The number of benzene rings is 1. The molecule has 3 nitrogen and oxygen atoms in total. The van der Waals surface area contributed by atoms with E-state index >= 15 is 0 Å². The van der Waals surface area contributed by atoms with Gasteiger partial charge in [-0.2, -0.15) is 0 Å². The number of fused-ring (bicyclic) bond motifs is 1. The van der Waals surface area contributed by atoms with Gasteiger partial charge >= 0.3 is 0 Å². The molecule has 2 aliphatic heterocycles. The minimum atomic E-state index is 0.0136. The Morgan fingerprint density at radius 3 is 2.79 bits per heavy atom. The maximum atomic E-state index is 12.5. The zero-order chi connectivity index (χ0) is 13.5. The summed E-state index contributed by atoms with van der Waals surface area (Å²) in [6.45, 7) is 6.94. The summed E-state index contributed by atoms with van der Waals surface area (Å²) in [4.78, 5) is 12.5. The molecule has 2 heterocycles. The third-order valence-corrected chi connectivity index (χ3v) is 4.29. The number of carbonyl (C=O) groups is 1. The van der Waals surface area contributed by atoms with Gasteiger partial charge in [-0.3, -0.25) is 4.79 Å². The molecule has 1 N–H and O–H groups in total. The zero-order valence-electron chi connectivity index (χ0n) is 11.7. The Morgan fingerprint density at radius 1 is 1.32 bits per heavy atom. The van der Waals surface area contributed by atoms with Crippen LogP contribution in [-0.4, -0.2) is 25.5 Å². The Kier molecular flexibility index (Phi) is 3.09. The van der Waals surface area contributed by atoms with Gasteiger partial charge in [-0.1, -0.05) is 13.8 Å². The van der Waals surface area contributed by atoms with Gasteiger partial charge in [0.05, 0.1) is 6.61 Å². The van der Waals surface area contributed by atoms with Crippen LogP contribution in [0.3, 0.4) is 0 Å². The molecule has 1 aromatic rings. The van der Waals surface area contributed by atoms with Crippen LogP contribution in [0.4, 0.5) is 0 Å². The Hall–Kier alpha value is -1.35. The normalized spacial score (nSPS) is 21.8. The minimum Gasteiger partial charge on any atom is -0.492 e. The monoisotopic (exact) mass is 259 g/mol. The summed E-state index contributed by atoms with van der Waals surface area (Å²) >= 11 is 0. The number of hydrogen-bond acceptors (Lipinski definition) is 3. The summed E-state index contributed by atoms with van der Waals surface area (Å²) in [5, 5.41) is 3.30. The topological polar surface area (TPSA) is 38.3 Å². The molecule has 0 atom stereocenters. The highest BCUT2D eigenvalue weighted by Gasteiger charge is 2.33. The minimum absolute atomic E-state index is 0.0136. The van der Waals surface area contributed by atoms with E-state index in [9.17, 15) is 4.79 Å². The first kappa shape index (κ1) is 12.7. The highest BCUT2D eigenvalue weighted by molar-refractivity contribution is 5.98. The molecule has 19 heavy (non-hydrogen) atoms. The third-order valence-electron chi connectivity index (χ3n) is 4.29. The van der Waals surface area contributed by atoms with Crippen molar-refractivity contribution in [3.63, 3.8) is 0 Å². The summed E-state index contributed by atoms with van der Waals surface area (Å²) in [7, 11) is 0. The lowest BCUT2D eigenvalue weighted by molar-refractivity contribution is 0.0895. The van der Waals surface area contributed by atoms with Gasteiger partial charge in [0.25, 0.3) is 0 Å². The SMILES string of the molecule is CC1(C)COc2ccc(C(=O)C3CCNCC3)cc21. The van der Waals surface area contributed by atoms with Crippen LogP contribution in [-0.2, 0) is 5.41 Å². The summed E-state index contributed by atoms with van der Waals surface area (Å²) in [5.74, 6) is 1.42. The van der Waals surface area contributed by atoms with Crippen LogP contribution >= 0.6 is 0 Å². The third kappa shape index (κ3) is 2.27. The lowest BCUT2D eigenvalue weighted by Gasteiger charge is -2.22. The van der Waals surface area contributed by atoms with Crippen LogP contribution in [0.5, 0.6) is 5.75 Å². The molecule has 3 heteroatoms. The molecule has 0 bridgehead atoms. The predicted octanol–water partition coefficient (Wildman–Crippen LogP) is 2.54. The molecule has 0 saturated carbocycles. The maximum absolute atomic E-state index is 12.5. The Bertz CT molecular complexity index is 501. The van der Waals surface area contributed by atoms with Crippen molar-refractivity contribution in [1.29, 1.82) is 0 Å². The van der Waals surface area contributed by atoms with E-state index in [2.05, 4.69) is 19.2 Å². The van der Waals surface area contributed by atoms with Gasteiger partial charge < -0.3 is 10.1 Å². The number of ketones is 1. The van der Waals surface area contributed by atoms with Crippen molar-refractivity contribution in [1.82, 2.24) is 5.32 Å². The second-order valence-corrected chi connectivity index (χ2v) is 6.27. The molecule has 0 aliphatic carbocycles. The van der Waals surface area contributed by atoms with E-state index < -0.39 is 0 Å². The van der Waals surface area contributed by atoms with Crippen molar-refractivity contribution in [2.45, 2.75) is 32.1 Å². The van der Waals surface area contributed by atoms with Crippen LogP contribution in [0, 0.1) is 5.92 Å². The van der Waals surface area contributed by atoms with Crippen molar-refractivity contribution >= 4 is 5.78 Å². The molecule has 0 radical (unpaired) electrons. The molecule has 0 aromatic heterocycles. The number of nitrogens with one attached hydrogen (secondary N) is 1. The van der Waals surface area contributed by atoms with Crippen molar-refractivity contribution < 1.29 is 9.53 Å². The van der Waals surface area contributed by atoms with E-state index in [4.69, 9.17) is 4.74 Å². The number of Topliss-reactive ketones (excluding diaryl/α,β-unsaturated/α-hetero) is 1. The molecule has 3 rings (SSSR count). The smallest absolute Gasteiger partial charge is 0.166 e. The van der Waals surface area contributed by atoms with Crippen LogP contribution in [0.15, 0.2) is 18.2 Å². The number of carbonyl (C=O) groups excluding carboxylic acids is 1. The van der Waals surface area contributed by atoms with Crippen LogP contribution in [0.2, 0.25) is 0 Å². The van der Waals surface area contributed by atoms with Crippen LogP contribution in [0.1, 0.15) is 42.6 Å². The molecule has 0 unspecified atom stereocenters. The lowest BCUT2D eigenvalue weighted by Crippen LogP contribution is -2.32. The molecule has 0 spiro atoms. The Morgan fingerprint density at radius 2 is 2.05 bits per heavy atom. The van der Waals surface area contributed by atoms with Crippen molar-refractivity contribution in [3.8, 4) is 5.75 Å². The van der Waals surface area contributed by atoms with Gasteiger partial charge in [-0.25, -0.2) is 0 Å². The maximum Gasteiger partial charge on any atom is 0.166 e. The Labute approximate surface area is 114 Å². The van der Waals surface area contributed by atoms with Gasteiger partial charge in [0.1, 0.15) is 5.75 Å². The van der Waals surface area contributed by atoms with E-state index in [1.165, 1.54) is 5.56 Å². The molecule has 1 saturated heterocycles. The fourth-order valence-corrected chi connectivity index (χ4v) is 2.99. The Balaban J connectivity index is 1.88. The lowest BCUT2D eigenvalue weighted by atomic mass is 9.83. The van der Waals surface area contributed by atoms with Gasteiger partial charge in [0.2, 0.25) is 0 Å². The zero-order valence-corrected chi connectivity index (χ0v) is 11.7. The predicted molar refractivity (Wildman–Crippen MR) is 74.9 cm³/mol. The van der Waals surface area contributed by atoms with Gasteiger partial charge in [-0.05, 0) is 44.1 Å². The first-order valence-electron chi connectivity index (χ1n) is 7.10. The molecular weight excluding hydrogens is 238 g/mol. The summed E-state index contributed by atoms with van der Waals surface area (Å²) in [6, 6.07) is 5.93. The highest BCUT2D eigenvalue weighted by Crippen LogP contribution is 2.39. The quantitative estimate of drug-likeness (QED) is 0.829. The average Bonchev–Trinajstić information content (AvgIpc) is 2.74. The number of ether oxygens (including phenoxy) is 1. The van der Waals surface area contributed by atoms with Crippen molar-refractivity contribution in [3.05, 3.63) is 29.3 Å². The first-order chi connectivity index (χ1) is 9.08. The number of hydrogen-bond donors (Lipinski definition) is 1. The van der Waals surface area contributed by atoms with E-state index in [0.717, 1.165) is 37.2 Å². The van der Waals surface area contributed by atoms with Crippen LogP contribution in [0.25, 0.3) is 0 Å². The van der Waals surface area contributed by atoms with E-state index in [1.54, 1.807) is 0 Å².